The monoisotopic (exact) mass is 288 g/mol. The average molecular weight is 289 g/mol. The first-order valence-corrected chi connectivity index (χ1v) is 6.70. The fraction of sp³-hybridized carbons (Fsp3) is 0.133. The molecule has 2 aromatic heterocycles. The predicted octanol–water partition coefficient (Wildman–Crippen LogP) is 3.39. The molecular weight excluding hydrogens is 276 g/mol. The number of hydrogen-bond donors (Lipinski definition) is 2. The normalized spacial score (nSPS) is 10.8. The number of nitrogens with one attached hydrogen (secondary N) is 2. The van der Waals surface area contributed by atoms with Gasteiger partial charge in [-0.15, -0.1) is 0 Å². The highest BCUT2D eigenvalue weighted by Gasteiger charge is 2.10. The maximum atomic E-state index is 11.8. The van der Waals surface area contributed by atoms with Gasteiger partial charge in [-0.3, -0.25) is 4.79 Å². The van der Waals surface area contributed by atoms with Gasteiger partial charge in [0.25, 0.3) is 5.91 Å². The molecule has 4 nitrogen and oxygen atoms in total. The summed E-state index contributed by atoms with van der Waals surface area (Å²) in [5, 5.41) is 4.21. The first-order valence-electron chi connectivity index (χ1n) is 6.32. The molecule has 0 atom stereocenters. The Morgan fingerprint density at radius 1 is 1.25 bits per heavy atom. The number of fused-ring (bicyclic) bond motifs is 1. The molecule has 5 heteroatoms. The molecule has 0 aliphatic carbocycles. The Morgan fingerprint density at radius 2 is 2.10 bits per heavy atom. The molecule has 0 unspecified atom stereocenters. The summed E-state index contributed by atoms with van der Waals surface area (Å²) >= 11 is 5.63. The van der Waals surface area contributed by atoms with Crippen LogP contribution in [0.3, 0.4) is 0 Å². The fourth-order valence-electron chi connectivity index (χ4n) is 2.17. The SMILES string of the molecule is O=C(NCCc1c[nH]c2ccccc12)c1ccc(Cl)o1. The fourth-order valence-corrected chi connectivity index (χ4v) is 2.32. The Labute approximate surface area is 120 Å². The van der Waals surface area contributed by atoms with Crippen LogP contribution in [0.1, 0.15) is 16.1 Å². The third-order valence-electron chi connectivity index (χ3n) is 3.15. The summed E-state index contributed by atoms with van der Waals surface area (Å²) in [5.74, 6) is -0.0225. The van der Waals surface area contributed by atoms with Crippen molar-refractivity contribution in [3.05, 3.63) is 59.1 Å². The zero-order valence-corrected chi connectivity index (χ0v) is 11.4. The number of benzene rings is 1. The molecule has 0 bridgehead atoms. The minimum Gasteiger partial charge on any atom is -0.440 e. The standard InChI is InChI=1S/C15H13ClN2O2/c16-14-6-5-13(20-14)15(19)17-8-7-10-9-18-12-4-2-1-3-11(10)12/h1-6,9,18H,7-8H2,(H,17,19). The van der Waals surface area contributed by atoms with Crippen molar-refractivity contribution in [3.63, 3.8) is 0 Å². The summed E-state index contributed by atoms with van der Waals surface area (Å²) in [6.45, 7) is 0.541. The van der Waals surface area contributed by atoms with E-state index in [0.717, 1.165) is 11.9 Å². The van der Waals surface area contributed by atoms with Crippen LogP contribution in [0, 0.1) is 0 Å². The quantitative estimate of drug-likeness (QED) is 0.773. The Hall–Kier alpha value is -2.20. The van der Waals surface area contributed by atoms with Crippen LogP contribution >= 0.6 is 11.6 Å². The second-order valence-electron chi connectivity index (χ2n) is 4.47. The molecule has 0 aliphatic rings. The molecular formula is C15H13ClN2O2. The topological polar surface area (TPSA) is 58.0 Å². The van der Waals surface area contributed by atoms with E-state index in [1.165, 1.54) is 10.9 Å². The third kappa shape index (κ3) is 2.56. The lowest BCUT2D eigenvalue weighted by atomic mass is 10.1. The van der Waals surface area contributed by atoms with E-state index in [-0.39, 0.29) is 16.9 Å². The maximum Gasteiger partial charge on any atom is 0.287 e. The minimum atomic E-state index is -0.253. The minimum absolute atomic E-state index is 0.215. The molecule has 1 amide bonds. The number of aromatic amines is 1. The van der Waals surface area contributed by atoms with Gasteiger partial charge in [-0.25, -0.2) is 0 Å². The van der Waals surface area contributed by atoms with Gasteiger partial charge < -0.3 is 14.7 Å². The summed E-state index contributed by atoms with van der Waals surface area (Å²) in [5.41, 5.74) is 2.28. The maximum absolute atomic E-state index is 11.8. The largest absolute Gasteiger partial charge is 0.440 e. The number of carbonyl (C=O) groups excluding carboxylic acids is 1. The number of rotatable bonds is 4. The summed E-state index contributed by atoms with van der Waals surface area (Å²) < 4.78 is 5.05. The molecule has 0 aliphatic heterocycles. The van der Waals surface area contributed by atoms with Crippen molar-refractivity contribution < 1.29 is 9.21 Å². The molecule has 3 aromatic rings. The van der Waals surface area contributed by atoms with Crippen LogP contribution in [-0.4, -0.2) is 17.4 Å². The molecule has 2 heterocycles. The number of hydrogen-bond acceptors (Lipinski definition) is 2. The summed E-state index contributed by atoms with van der Waals surface area (Å²) in [7, 11) is 0. The van der Waals surface area contributed by atoms with Crippen LogP contribution in [0.5, 0.6) is 0 Å². The van der Waals surface area contributed by atoms with E-state index < -0.39 is 0 Å². The Morgan fingerprint density at radius 3 is 2.90 bits per heavy atom. The van der Waals surface area contributed by atoms with E-state index >= 15 is 0 Å². The lowest BCUT2D eigenvalue weighted by Gasteiger charge is -2.02. The molecule has 0 spiro atoms. The highest BCUT2D eigenvalue weighted by molar-refractivity contribution is 6.29. The van der Waals surface area contributed by atoms with Gasteiger partial charge in [0.1, 0.15) is 0 Å². The molecule has 3 rings (SSSR count). The van der Waals surface area contributed by atoms with Crippen LogP contribution in [0.2, 0.25) is 5.22 Å². The number of carbonyl (C=O) groups is 1. The number of para-hydroxylation sites is 1. The molecule has 1 aromatic carbocycles. The molecule has 2 N–H and O–H groups in total. The number of amides is 1. The van der Waals surface area contributed by atoms with Crippen molar-refractivity contribution in [3.8, 4) is 0 Å². The number of halogens is 1. The van der Waals surface area contributed by atoms with Crippen molar-refractivity contribution in [2.45, 2.75) is 6.42 Å². The summed E-state index contributed by atoms with van der Waals surface area (Å²) in [4.78, 5) is 15.0. The number of furan rings is 1. The summed E-state index contributed by atoms with van der Waals surface area (Å²) in [6, 6.07) is 11.2. The lowest BCUT2D eigenvalue weighted by molar-refractivity contribution is 0.0926. The number of H-pyrrole nitrogens is 1. The number of aromatic nitrogens is 1. The smallest absolute Gasteiger partial charge is 0.287 e. The van der Waals surface area contributed by atoms with Crippen molar-refractivity contribution in [1.82, 2.24) is 10.3 Å². The first-order chi connectivity index (χ1) is 9.74. The third-order valence-corrected chi connectivity index (χ3v) is 3.35. The molecule has 0 saturated carbocycles. The van der Waals surface area contributed by atoms with Crippen LogP contribution < -0.4 is 5.32 Å². The first kappa shape index (κ1) is 12.8. The Balaban J connectivity index is 1.61. The van der Waals surface area contributed by atoms with Crippen LogP contribution in [0.15, 0.2) is 47.0 Å². The van der Waals surface area contributed by atoms with Crippen molar-refractivity contribution >= 4 is 28.4 Å². The van der Waals surface area contributed by atoms with E-state index in [0.29, 0.717) is 6.54 Å². The van der Waals surface area contributed by atoms with Gasteiger partial charge in [-0.2, -0.15) is 0 Å². The molecule has 0 radical (unpaired) electrons. The van der Waals surface area contributed by atoms with Gasteiger partial charge in [-0.1, -0.05) is 18.2 Å². The van der Waals surface area contributed by atoms with E-state index in [2.05, 4.69) is 16.4 Å². The van der Waals surface area contributed by atoms with Gasteiger partial charge in [0.05, 0.1) is 0 Å². The van der Waals surface area contributed by atoms with Crippen molar-refractivity contribution in [1.29, 1.82) is 0 Å². The molecule has 0 saturated heterocycles. The van der Waals surface area contributed by atoms with E-state index in [4.69, 9.17) is 16.0 Å². The summed E-state index contributed by atoms with van der Waals surface area (Å²) in [6.07, 6.45) is 2.73. The Kier molecular flexibility index (Phi) is 3.48. The van der Waals surface area contributed by atoms with E-state index in [1.807, 2.05) is 24.4 Å². The second kappa shape index (κ2) is 5.43. The van der Waals surface area contributed by atoms with Crippen molar-refractivity contribution in [2.75, 3.05) is 6.54 Å². The second-order valence-corrected chi connectivity index (χ2v) is 4.84. The highest BCUT2D eigenvalue weighted by Crippen LogP contribution is 2.18. The molecule has 102 valence electrons. The van der Waals surface area contributed by atoms with Gasteiger partial charge in [0.2, 0.25) is 0 Å². The van der Waals surface area contributed by atoms with Crippen LogP contribution in [0.4, 0.5) is 0 Å². The van der Waals surface area contributed by atoms with E-state index in [9.17, 15) is 4.79 Å². The lowest BCUT2D eigenvalue weighted by Crippen LogP contribution is -2.25. The van der Waals surface area contributed by atoms with Crippen LogP contribution in [-0.2, 0) is 6.42 Å². The predicted molar refractivity (Wildman–Crippen MR) is 78.1 cm³/mol. The zero-order valence-electron chi connectivity index (χ0n) is 10.7. The molecule has 20 heavy (non-hydrogen) atoms. The van der Waals surface area contributed by atoms with Crippen LogP contribution in [0.25, 0.3) is 10.9 Å². The van der Waals surface area contributed by atoms with Gasteiger partial charge >= 0.3 is 0 Å². The average Bonchev–Trinajstić information content (AvgIpc) is 3.06. The molecule has 0 fully saturated rings. The van der Waals surface area contributed by atoms with Gasteiger partial charge in [-0.05, 0) is 41.8 Å². The zero-order chi connectivity index (χ0) is 13.9. The van der Waals surface area contributed by atoms with Crippen molar-refractivity contribution in [2.24, 2.45) is 0 Å². The van der Waals surface area contributed by atoms with E-state index in [1.54, 1.807) is 12.1 Å². The Bertz CT molecular complexity index is 745. The van der Waals surface area contributed by atoms with Gasteiger partial charge in [0.15, 0.2) is 11.0 Å². The highest BCUT2D eigenvalue weighted by atomic mass is 35.5. The van der Waals surface area contributed by atoms with Gasteiger partial charge in [0, 0.05) is 23.6 Å².